The van der Waals surface area contributed by atoms with Crippen molar-refractivity contribution in [1.29, 1.82) is 0 Å². The molecule has 37 heavy (non-hydrogen) atoms. The fraction of sp³-hybridized carbons (Fsp3) is 0.226. The number of benzene rings is 3. The molecule has 0 saturated carbocycles. The number of fused-ring (bicyclic) bond motifs is 2. The maximum atomic E-state index is 13.8. The normalized spacial score (nSPS) is 14.6. The minimum atomic E-state index is -0.559. The number of amides is 1. The Balaban J connectivity index is 1.58. The first-order valence-electron chi connectivity index (χ1n) is 12.3. The van der Waals surface area contributed by atoms with Gasteiger partial charge in [0.05, 0.1) is 24.1 Å². The van der Waals surface area contributed by atoms with Crippen LogP contribution in [0.5, 0.6) is 11.5 Å². The van der Waals surface area contributed by atoms with Gasteiger partial charge in [0.1, 0.15) is 23.7 Å². The van der Waals surface area contributed by atoms with E-state index in [1.165, 1.54) is 0 Å². The van der Waals surface area contributed by atoms with Crippen LogP contribution in [0.15, 0.2) is 82.5 Å². The molecule has 4 aromatic rings. The van der Waals surface area contributed by atoms with E-state index in [4.69, 9.17) is 13.9 Å². The van der Waals surface area contributed by atoms with Gasteiger partial charge in [-0.15, -0.1) is 0 Å². The lowest BCUT2D eigenvalue weighted by atomic mass is 9.97. The second-order valence-corrected chi connectivity index (χ2v) is 9.27. The molecule has 1 aliphatic heterocycles. The molecule has 1 aromatic heterocycles. The largest absolute Gasteiger partial charge is 0.497 e. The summed E-state index contributed by atoms with van der Waals surface area (Å²) in [5.41, 5.74) is 4.54. The van der Waals surface area contributed by atoms with E-state index < -0.39 is 6.04 Å². The number of nitrogens with zero attached hydrogens (tertiary/aromatic N) is 1. The molecule has 188 valence electrons. The van der Waals surface area contributed by atoms with E-state index in [1.54, 1.807) is 18.1 Å². The van der Waals surface area contributed by atoms with Crippen LogP contribution < -0.4 is 14.9 Å². The van der Waals surface area contributed by atoms with Gasteiger partial charge in [-0.25, -0.2) is 0 Å². The highest BCUT2D eigenvalue weighted by Gasteiger charge is 2.42. The zero-order chi connectivity index (χ0) is 26.1. The number of hydrogen-bond donors (Lipinski definition) is 0. The fourth-order valence-electron chi connectivity index (χ4n) is 4.80. The average Bonchev–Trinajstić information content (AvgIpc) is 3.19. The summed E-state index contributed by atoms with van der Waals surface area (Å²) in [4.78, 5) is 29.3. The summed E-state index contributed by atoms with van der Waals surface area (Å²) in [5, 5.41) is 0.489. The third-order valence-electron chi connectivity index (χ3n) is 6.95. The molecule has 0 bridgehead atoms. The van der Waals surface area contributed by atoms with Crippen molar-refractivity contribution in [2.75, 3.05) is 20.3 Å². The Labute approximate surface area is 215 Å². The van der Waals surface area contributed by atoms with Crippen LogP contribution in [0.3, 0.4) is 0 Å². The van der Waals surface area contributed by atoms with E-state index in [-0.39, 0.29) is 17.1 Å². The molecule has 0 saturated heterocycles. The summed E-state index contributed by atoms with van der Waals surface area (Å²) in [5.74, 6) is 1.30. The summed E-state index contributed by atoms with van der Waals surface area (Å²) in [7, 11) is 1.63. The summed E-state index contributed by atoms with van der Waals surface area (Å²) in [6.45, 7) is 8.42. The zero-order valence-corrected chi connectivity index (χ0v) is 21.2. The molecule has 0 spiro atoms. The van der Waals surface area contributed by atoms with Crippen LogP contribution in [0.2, 0.25) is 0 Å². The van der Waals surface area contributed by atoms with Crippen molar-refractivity contribution in [2.24, 2.45) is 0 Å². The molecule has 1 aliphatic rings. The predicted octanol–water partition coefficient (Wildman–Crippen LogP) is 5.77. The summed E-state index contributed by atoms with van der Waals surface area (Å²) < 4.78 is 17.0. The van der Waals surface area contributed by atoms with Crippen molar-refractivity contribution in [2.45, 2.75) is 26.3 Å². The number of carbonyl (C=O) groups is 1. The van der Waals surface area contributed by atoms with Gasteiger partial charge in [0, 0.05) is 6.54 Å². The van der Waals surface area contributed by atoms with Crippen LogP contribution in [0, 0.1) is 13.8 Å². The number of rotatable bonds is 8. The van der Waals surface area contributed by atoms with Crippen LogP contribution in [-0.2, 0) is 6.42 Å². The second-order valence-electron chi connectivity index (χ2n) is 9.27. The van der Waals surface area contributed by atoms with Crippen molar-refractivity contribution < 1.29 is 18.7 Å². The molecule has 6 nitrogen and oxygen atoms in total. The van der Waals surface area contributed by atoms with E-state index in [0.29, 0.717) is 41.9 Å². The number of aryl methyl sites for hydroxylation is 2. The first kappa shape index (κ1) is 24.4. The van der Waals surface area contributed by atoms with Crippen LogP contribution in [0.4, 0.5) is 0 Å². The lowest BCUT2D eigenvalue weighted by Crippen LogP contribution is -2.31. The quantitative estimate of drug-likeness (QED) is 0.290. The van der Waals surface area contributed by atoms with Gasteiger partial charge < -0.3 is 18.8 Å². The Bertz CT molecular complexity index is 1530. The number of ether oxygens (including phenoxy) is 2. The van der Waals surface area contributed by atoms with Gasteiger partial charge in [0.2, 0.25) is 5.76 Å². The Kier molecular flexibility index (Phi) is 6.57. The van der Waals surface area contributed by atoms with Gasteiger partial charge in [-0.1, -0.05) is 36.9 Å². The van der Waals surface area contributed by atoms with Gasteiger partial charge in [-0.05, 0) is 78.9 Å². The van der Waals surface area contributed by atoms with Gasteiger partial charge in [-0.3, -0.25) is 9.59 Å². The highest BCUT2D eigenvalue weighted by Crippen LogP contribution is 2.39. The van der Waals surface area contributed by atoms with Crippen molar-refractivity contribution in [3.05, 3.63) is 117 Å². The van der Waals surface area contributed by atoms with Crippen LogP contribution in [0.1, 0.15) is 44.4 Å². The zero-order valence-electron chi connectivity index (χ0n) is 21.2. The third kappa shape index (κ3) is 4.51. The molecule has 0 fully saturated rings. The molecular formula is C31H29NO5. The van der Waals surface area contributed by atoms with Gasteiger partial charge in [0.25, 0.3) is 5.91 Å². The lowest BCUT2D eigenvalue weighted by Gasteiger charge is -2.25. The maximum absolute atomic E-state index is 13.8. The number of carbonyl (C=O) groups excluding carboxylic acids is 1. The van der Waals surface area contributed by atoms with Gasteiger partial charge >= 0.3 is 0 Å². The summed E-state index contributed by atoms with van der Waals surface area (Å²) in [6.07, 6.45) is 2.30. The monoisotopic (exact) mass is 495 g/mol. The smallest absolute Gasteiger partial charge is 0.290 e. The Morgan fingerprint density at radius 2 is 1.65 bits per heavy atom. The van der Waals surface area contributed by atoms with Crippen LogP contribution in [0.25, 0.3) is 11.0 Å². The lowest BCUT2D eigenvalue weighted by molar-refractivity contribution is 0.0730. The van der Waals surface area contributed by atoms with E-state index >= 15 is 0 Å². The maximum Gasteiger partial charge on any atom is 0.290 e. The van der Waals surface area contributed by atoms with Crippen LogP contribution >= 0.6 is 0 Å². The molecule has 2 heterocycles. The Hall–Kier alpha value is -4.32. The Morgan fingerprint density at radius 3 is 2.32 bits per heavy atom. The second kappa shape index (κ2) is 9.97. The van der Waals surface area contributed by atoms with E-state index in [1.807, 2.05) is 74.5 Å². The van der Waals surface area contributed by atoms with Crippen molar-refractivity contribution in [1.82, 2.24) is 4.90 Å². The molecule has 0 radical (unpaired) electrons. The first-order valence-corrected chi connectivity index (χ1v) is 12.3. The predicted molar refractivity (Wildman–Crippen MR) is 144 cm³/mol. The molecule has 0 aliphatic carbocycles. The SMILES string of the molecule is C=CCOc1ccc(C2c3c(oc4cc(C)c(C)cc4c3=O)C(=O)N2CCc2ccc(OC)cc2)cc1. The minimum absolute atomic E-state index is 0.118. The molecule has 6 heteroatoms. The fourth-order valence-corrected chi connectivity index (χ4v) is 4.80. The standard InChI is InChI=1S/C31H29NO5/c1-5-16-36-24-12-8-22(9-13-24)28-27-29(33)25-17-19(2)20(3)18-26(25)37-30(27)31(34)32(28)15-14-21-6-10-23(35-4)11-7-21/h5-13,17-18,28H,1,14-16H2,2-4H3. The molecule has 1 unspecified atom stereocenters. The van der Waals surface area contributed by atoms with Crippen molar-refractivity contribution in [3.8, 4) is 11.5 Å². The first-order chi connectivity index (χ1) is 17.9. The molecule has 1 amide bonds. The molecule has 0 N–H and O–H groups in total. The molecule has 1 atom stereocenters. The average molecular weight is 496 g/mol. The van der Waals surface area contributed by atoms with Gasteiger partial charge in [-0.2, -0.15) is 0 Å². The topological polar surface area (TPSA) is 69.0 Å². The van der Waals surface area contributed by atoms with Crippen molar-refractivity contribution in [3.63, 3.8) is 0 Å². The summed E-state index contributed by atoms with van der Waals surface area (Å²) in [6, 6.07) is 18.4. The Morgan fingerprint density at radius 1 is 0.973 bits per heavy atom. The molecule has 3 aromatic carbocycles. The third-order valence-corrected chi connectivity index (χ3v) is 6.95. The van der Waals surface area contributed by atoms with E-state index in [0.717, 1.165) is 28.0 Å². The van der Waals surface area contributed by atoms with Crippen molar-refractivity contribution >= 4 is 16.9 Å². The summed E-state index contributed by atoms with van der Waals surface area (Å²) >= 11 is 0. The molecule has 5 rings (SSSR count). The van der Waals surface area contributed by atoms with E-state index in [2.05, 4.69) is 6.58 Å². The highest BCUT2D eigenvalue weighted by molar-refractivity contribution is 5.99. The highest BCUT2D eigenvalue weighted by atomic mass is 16.5. The van der Waals surface area contributed by atoms with Crippen LogP contribution in [-0.4, -0.2) is 31.1 Å². The molecular weight excluding hydrogens is 466 g/mol. The van der Waals surface area contributed by atoms with Gasteiger partial charge in [0.15, 0.2) is 5.43 Å². The minimum Gasteiger partial charge on any atom is -0.497 e. The number of hydrogen-bond acceptors (Lipinski definition) is 5. The van der Waals surface area contributed by atoms with E-state index in [9.17, 15) is 9.59 Å². The number of methoxy groups -OCH3 is 1.